The minimum absolute atomic E-state index is 0.272. The van der Waals surface area contributed by atoms with Crippen LogP contribution in [-0.4, -0.2) is 16.0 Å². The molecule has 0 radical (unpaired) electrons. The Balaban J connectivity index is 1.71. The number of H-pyrrole nitrogens is 1. The zero-order valence-electron chi connectivity index (χ0n) is 14.1. The van der Waals surface area contributed by atoms with Gasteiger partial charge in [-0.05, 0) is 47.9 Å². The number of benzene rings is 2. The Hall–Kier alpha value is -1.26. The summed E-state index contributed by atoms with van der Waals surface area (Å²) in [7, 11) is 0. The summed E-state index contributed by atoms with van der Waals surface area (Å²) in [6, 6.07) is 11.6. The Morgan fingerprint density at radius 3 is 2.40 bits per heavy atom. The summed E-state index contributed by atoms with van der Waals surface area (Å²) in [5, 5.41) is 5.60. The van der Waals surface area contributed by atoms with Crippen LogP contribution >= 0.6 is 34.8 Å². The molecule has 3 aromatic rings. The van der Waals surface area contributed by atoms with Crippen molar-refractivity contribution in [3.05, 3.63) is 62.9 Å². The molecule has 1 atom stereocenters. The van der Waals surface area contributed by atoms with Crippen molar-refractivity contribution in [2.24, 2.45) is 5.92 Å². The van der Waals surface area contributed by atoms with Gasteiger partial charge in [-0.15, -0.1) is 0 Å². The van der Waals surface area contributed by atoms with Crippen molar-refractivity contribution in [3.63, 3.8) is 0 Å². The number of nitrogens with one attached hydrogen (secondary N) is 2. The molecule has 3 nitrogen and oxygen atoms in total. The SMILES string of the molecule is CC(C)C(Cc1nc2ccc(Cl)cc2[nH]1)NCc1cc(Cl)cc(Cl)c1. The first kappa shape index (κ1) is 18.5. The van der Waals surface area contributed by atoms with Gasteiger partial charge in [0.25, 0.3) is 0 Å². The van der Waals surface area contributed by atoms with Gasteiger partial charge in [0.1, 0.15) is 5.82 Å². The molecule has 0 aliphatic carbocycles. The molecule has 3 rings (SSSR count). The second kappa shape index (κ2) is 7.96. The monoisotopic (exact) mass is 395 g/mol. The highest BCUT2D eigenvalue weighted by Gasteiger charge is 2.16. The lowest BCUT2D eigenvalue weighted by atomic mass is 10.00. The Morgan fingerprint density at radius 2 is 1.72 bits per heavy atom. The Bertz CT molecular complexity index is 853. The van der Waals surface area contributed by atoms with E-state index in [0.717, 1.165) is 28.8 Å². The molecule has 0 saturated carbocycles. The van der Waals surface area contributed by atoms with Gasteiger partial charge in [0.05, 0.1) is 11.0 Å². The molecule has 25 heavy (non-hydrogen) atoms. The fourth-order valence-corrected chi connectivity index (χ4v) is 3.59. The topological polar surface area (TPSA) is 40.7 Å². The third-order valence-corrected chi connectivity index (χ3v) is 4.87. The van der Waals surface area contributed by atoms with E-state index in [1.54, 1.807) is 6.07 Å². The number of halogens is 3. The predicted molar refractivity (Wildman–Crippen MR) is 107 cm³/mol. The van der Waals surface area contributed by atoms with E-state index >= 15 is 0 Å². The number of hydrogen-bond donors (Lipinski definition) is 2. The highest BCUT2D eigenvalue weighted by atomic mass is 35.5. The fourth-order valence-electron chi connectivity index (χ4n) is 2.85. The molecule has 0 bridgehead atoms. The van der Waals surface area contributed by atoms with Gasteiger partial charge in [0, 0.05) is 34.1 Å². The maximum atomic E-state index is 6.08. The van der Waals surface area contributed by atoms with Crippen molar-refractivity contribution >= 4 is 45.8 Å². The highest BCUT2D eigenvalue weighted by Crippen LogP contribution is 2.21. The maximum absolute atomic E-state index is 6.08. The van der Waals surface area contributed by atoms with Crippen molar-refractivity contribution in [1.82, 2.24) is 15.3 Å². The quantitative estimate of drug-likeness (QED) is 0.546. The van der Waals surface area contributed by atoms with Gasteiger partial charge in [-0.2, -0.15) is 0 Å². The molecule has 6 heteroatoms. The van der Waals surface area contributed by atoms with Crippen LogP contribution in [0.3, 0.4) is 0 Å². The molecule has 132 valence electrons. The summed E-state index contributed by atoms with van der Waals surface area (Å²) in [4.78, 5) is 8.02. The Kier molecular flexibility index (Phi) is 5.90. The molecule has 1 heterocycles. The molecular weight excluding hydrogens is 377 g/mol. The lowest BCUT2D eigenvalue weighted by molar-refractivity contribution is 0.390. The Morgan fingerprint density at radius 1 is 1.00 bits per heavy atom. The molecule has 1 aromatic heterocycles. The van der Waals surface area contributed by atoms with E-state index in [4.69, 9.17) is 34.8 Å². The van der Waals surface area contributed by atoms with Crippen molar-refractivity contribution in [2.45, 2.75) is 32.9 Å². The summed E-state index contributed by atoms with van der Waals surface area (Å²) in [6.45, 7) is 5.10. The number of nitrogens with zero attached hydrogens (tertiary/aromatic N) is 1. The van der Waals surface area contributed by atoms with Crippen LogP contribution in [0.4, 0.5) is 0 Å². The summed E-state index contributed by atoms with van der Waals surface area (Å²) in [5.74, 6) is 1.40. The van der Waals surface area contributed by atoms with E-state index in [9.17, 15) is 0 Å². The van der Waals surface area contributed by atoms with E-state index in [1.165, 1.54) is 0 Å². The van der Waals surface area contributed by atoms with Crippen LogP contribution in [0.1, 0.15) is 25.2 Å². The van der Waals surface area contributed by atoms with Crippen LogP contribution in [0.15, 0.2) is 36.4 Å². The fraction of sp³-hybridized carbons (Fsp3) is 0.316. The minimum atomic E-state index is 0.272. The molecule has 0 spiro atoms. The van der Waals surface area contributed by atoms with E-state index in [0.29, 0.717) is 27.5 Å². The van der Waals surface area contributed by atoms with Gasteiger partial charge in [-0.3, -0.25) is 0 Å². The van der Waals surface area contributed by atoms with E-state index in [-0.39, 0.29) is 6.04 Å². The number of aromatic nitrogens is 2. The van der Waals surface area contributed by atoms with E-state index in [1.807, 2.05) is 30.3 Å². The summed E-state index contributed by atoms with van der Waals surface area (Å²) in [5.41, 5.74) is 2.97. The molecule has 2 N–H and O–H groups in total. The number of aromatic amines is 1. The third-order valence-electron chi connectivity index (χ3n) is 4.20. The van der Waals surface area contributed by atoms with Gasteiger partial charge < -0.3 is 10.3 Å². The number of hydrogen-bond acceptors (Lipinski definition) is 2. The largest absolute Gasteiger partial charge is 0.342 e. The molecule has 0 amide bonds. The standard InChI is InChI=1S/C19H20Cl3N3/c1-11(2)17(23-10-12-5-14(21)7-15(22)6-12)9-19-24-16-4-3-13(20)8-18(16)25-19/h3-8,11,17,23H,9-10H2,1-2H3,(H,24,25). The molecule has 0 saturated heterocycles. The zero-order valence-corrected chi connectivity index (χ0v) is 16.4. The lowest BCUT2D eigenvalue weighted by Crippen LogP contribution is -2.35. The Labute approximate surface area is 162 Å². The van der Waals surface area contributed by atoms with Crippen LogP contribution in [0.2, 0.25) is 15.1 Å². The normalized spacial score (nSPS) is 12.9. The van der Waals surface area contributed by atoms with Crippen LogP contribution < -0.4 is 5.32 Å². The molecule has 1 unspecified atom stereocenters. The molecular formula is C19H20Cl3N3. The van der Waals surface area contributed by atoms with Gasteiger partial charge in [0.15, 0.2) is 0 Å². The maximum Gasteiger partial charge on any atom is 0.108 e. The van der Waals surface area contributed by atoms with Gasteiger partial charge in [-0.25, -0.2) is 4.98 Å². The minimum Gasteiger partial charge on any atom is -0.342 e. The molecule has 0 fully saturated rings. The van der Waals surface area contributed by atoms with Crippen molar-refractivity contribution in [3.8, 4) is 0 Å². The van der Waals surface area contributed by atoms with Gasteiger partial charge >= 0.3 is 0 Å². The van der Waals surface area contributed by atoms with Crippen molar-refractivity contribution in [1.29, 1.82) is 0 Å². The smallest absolute Gasteiger partial charge is 0.108 e. The van der Waals surface area contributed by atoms with E-state index in [2.05, 4.69) is 29.1 Å². The van der Waals surface area contributed by atoms with Crippen LogP contribution in [-0.2, 0) is 13.0 Å². The molecule has 2 aromatic carbocycles. The van der Waals surface area contributed by atoms with Gasteiger partial charge in [0.2, 0.25) is 0 Å². The number of imidazole rings is 1. The zero-order chi connectivity index (χ0) is 18.0. The lowest BCUT2D eigenvalue weighted by Gasteiger charge is -2.21. The number of fused-ring (bicyclic) bond motifs is 1. The highest BCUT2D eigenvalue weighted by molar-refractivity contribution is 6.34. The average molecular weight is 397 g/mol. The second-order valence-corrected chi connectivity index (χ2v) is 7.87. The van der Waals surface area contributed by atoms with Crippen LogP contribution in [0, 0.1) is 5.92 Å². The summed E-state index contributed by atoms with van der Waals surface area (Å²) >= 11 is 18.2. The molecule has 0 aliphatic heterocycles. The van der Waals surface area contributed by atoms with E-state index < -0.39 is 0 Å². The third kappa shape index (κ3) is 4.89. The first-order valence-corrected chi connectivity index (χ1v) is 9.36. The van der Waals surface area contributed by atoms with Crippen LogP contribution in [0.25, 0.3) is 11.0 Å². The second-order valence-electron chi connectivity index (χ2n) is 6.56. The van der Waals surface area contributed by atoms with Crippen molar-refractivity contribution < 1.29 is 0 Å². The summed E-state index contributed by atoms with van der Waals surface area (Å²) in [6.07, 6.45) is 0.804. The first-order chi connectivity index (χ1) is 11.9. The van der Waals surface area contributed by atoms with Crippen molar-refractivity contribution in [2.75, 3.05) is 0 Å². The predicted octanol–water partition coefficient (Wildman–Crippen LogP) is 5.88. The van der Waals surface area contributed by atoms with Gasteiger partial charge in [-0.1, -0.05) is 48.7 Å². The summed E-state index contributed by atoms with van der Waals surface area (Å²) < 4.78 is 0. The number of rotatable bonds is 6. The first-order valence-electron chi connectivity index (χ1n) is 8.23. The average Bonchev–Trinajstić information content (AvgIpc) is 2.91. The molecule has 0 aliphatic rings. The van der Waals surface area contributed by atoms with Crippen LogP contribution in [0.5, 0.6) is 0 Å².